The van der Waals surface area contributed by atoms with Crippen LogP contribution in [0.3, 0.4) is 0 Å². The largest absolute Gasteiger partial charge is 0.493 e. The molecule has 11 heteroatoms. The summed E-state index contributed by atoms with van der Waals surface area (Å²) in [6.07, 6.45) is 0.141. The van der Waals surface area contributed by atoms with Crippen LogP contribution >= 0.6 is 11.6 Å². The summed E-state index contributed by atoms with van der Waals surface area (Å²) >= 11 is 6.53. The number of anilines is 2. The number of piperazine rings is 1. The van der Waals surface area contributed by atoms with Crippen LogP contribution in [0, 0.1) is 5.82 Å². The van der Waals surface area contributed by atoms with Gasteiger partial charge in [0.15, 0.2) is 11.5 Å². The number of nitrogen functional groups attached to an aromatic ring is 1. The Kier molecular flexibility index (Phi) is 6.90. The van der Waals surface area contributed by atoms with Gasteiger partial charge in [-0.2, -0.15) is 4.98 Å². The summed E-state index contributed by atoms with van der Waals surface area (Å²) in [5, 5.41) is 0.853. The maximum Gasteiger partial charge on any atom is 0.228 e. The van der Waals surface area contributed by atoms with Crippen LogP contribution in [0.2, 0.25) is 5.02 Å². The number of methoxy groups -OCH3 is 2. The van der Waals surface area contributed by atoms with Gasteiger partial charge in [-0.1, -0.05) is 23.7 Å². The monoisotopic (exact) mass is 488 g/mol. The average molecular weight is 489 g/mol. The molecule has 2 aromatic carbocycles. The predicted molar refractivity (Wildman–Crippen MR) is 129 cm³/mol. The number of amides is 1. The van der Waals surface area contributed by atoms with E-state index in [2.05, 4.69) is 9.97 Å². The topological polar surface area (TPSA) is 120 Å². The summed E-state index contributed by atoms with van der Waals surface area (Å²) in [6.45, 7) is 2.01. The molecular weight excluding hydrogens is 463 g/mol. The van der Waals surface area contributed by atoms with E-state index in [1.54, 1.807) is 23.1 Å². The molecule has 0 aliphatic carbocycles. The highest BCUT2D eigenvalue weighted by Gasteiger charge is 2.26. The lowest BCUT2D eigenvalue weighted by atomic mass is 10.0. The first-order valence-corrected chi connectivity index (χ1v) is 11.1. The second-order valence-electron chi connectivity index (χ2n) is 7.96. The fourth-order valence-electron chi connectivity index (χ4n) is 3.98. The van der Waals surface area contributed by atoms with E-state index in [0.29, 0.717) is 54.5 Å². The van der Waals surface area contributed by atoms with Crippen molar-refractivity contribution < 1.29 is 18.7 Å². The third-order valence-corrected chi connectivity index (χ3v) is 6.25. The van der Waals surface area contributed by atoms with E-state index >= 15 is 0 Å². The summed E-state index contributed by atoms with van der Waals surface area (Å²) in [5.74, 6) is 1.10. The second-order valence-corrected chi connectivity index (χ2v) is 8.34. The summed E-state index contributed by atoms with van der Waals surface area (Å²) in [6, 6.07) is 7.08. The van der Waals surface area contributed by atoms with Crippen LogP contribution in [0.15, 0.2) is 30.3 Å². The van der Waals surface area contributed by atoms with Gasteiger partial charge in [0.05, 0.1) is 14.2 Å². The quantitative estimate of drug-likeness (QED) is 0.543. The van der Waals surface area contributed by atoms with Gasteiger partial charge < -0.3 is 30.7 Å². The number of halogens is 2. The molecule has 1 amide bonds. The van der Waals surface area contributed by atoms with Crippen molar-refractivity contribution in [3.8, 4) is 11.5 Å². The van der Waals surface area contributed by atoms with Gasteiger partial charge in [-0.15, -0.1) is 0 Å². The van der Waals surface area contributed by atoms with Crippen molar-refractivity contribution in [1.82, 2.24) is 14.9 Å². The summed E-state index contributed by atoms with van der Waals surface area (Å²) in [4.78, 5) is 25.5. The minimum atomic E-state index is -0.496. The van der Waals surface area contributed by atoms with Gasteiger partial charge in [-0.25, -0.2) is 9.37 Å². The van der Waals surface area contributed by atoms with Crippen LogP contribution in [0.4, 0.5) is 16.2 Å². The highest BCUT2D eigenvalue weighted by atomic mass is 35.5. The Labute approximate surface area is 201 Å². The van der Waals surface area contributed by atoms with E-state index in [0.717, 1.165) is 5.56 Å². The number of rotatable bonds is 6. The highest BCUT2D eigenvalue weighted by Crippen LogP contribution is 2.42. The lowest BCUT2D eigenvalue weighted by molar-refractivity contribution is -0.131. The van der Waals surface area contributed by atoms with Gasteiger partial charge in [0.2, 0.25) is 11.9 Å². The fraction of sp³-hybridized carbons (Fsp3) is 0.348. The molecule has 1 aliphatic heterocycles. The van der Waals surface area contributed by atoms with Crippen molar-refractivity contribution in [3.05, 3.63) is 46.7 Å². The van der Waals surface area contributed by atoms with E-state index in [1.165, 1.54) is 26.4 Å². The van der Waals surface area contributed by atoms with Crippen molar-refractivity contribution in [1.29, 1.82) is 0 Å². The maximum absolute atomic E-state index is 13.1. The van der Waals surface area contributed by atoms with E-state index in [9.17, 15) is 9.18 Å². The zero-order chi connectivity index (χ0) is 24.4. The Morgan fingerprint density at radius 3 is 2.44 bits per heavy atom. The molecule has 1 saturated heterocycles. The summed E-state index contributed by atoms with van der Waals surface area (Å²) in [7, 11) is 3.01. The Hall–Kier alpha value is -3.37. The first kappa shape index (κ1) is 23.8. The molecule has 3 aromatic rings. The van der Waals surface area contributed by atoms with Crippen LogP contribution in [0.5, 0.6) is 11.5 Å². The highest BCUT2D eigenvalue weighted by molar-refractivity contribution is 6.37. The maximum atomic E-state index is 13.1. The Morgan fingerprint density at radius 1 is 1.15 bits per heavy atom. The summed E-state index contributed by atoms with van der Waals surface area (Å²) in [5.41, 5.74) is 13.5. The van der Waals surface area contributed by atoms with Crippen LogP contribution in [-0.2, 0) is 4.79 Å². The molecule has 0 bridgehead atoms. The Bertz CT molecular complexity index is 1200. The van der Waals surface area contributed by atoms with Gasteiger partial charge in [0.25, 0.3) is 0 Å². The van der Waals surface area contributed by atoms with Crippen LogP contribution < -0.4 is 25.8 Å². The predicted octanol–water partition coefficient (Wildman–Crippen LogP) is 2.76. The zero-order valence-corrected chi connectivity index (χ0v) is 19.7. The van der Waals surface area contributed by atoms with Crippen LogP contribution in [0.1, 0.15) is 18.0 Å². The molecule has 1 atom stereocenters. The zero-order valence-electron chi connectivity index (χ0n) is 18.9. The number of carbonyl (C=O) groups excluding carboxylic acids is 1. The number of hydrogen-bond donors (Lipinski definition) is 2. The first-order valence-electron chi connectivity index (χ1n) is 10.7. The third-order valence-electron chi connectivity index (χ3n) is 5.90. The number of carbonyl (C=O) groups is 1. The molecule has 2 heterocycles. The Morgan fingerprint density at radius 2 is 1.82 bits per heavy atom. The molecule has 1 fully saturated rings. The lowest BCUT2D eigenvalue weighted by Crippen LogP contribution is -2.49. The van der Waals surface area contributed by atoms with E-state index in [4.69, 9.17) is 32.5 Å². The smallest absolute Gasteiger partial charge is 0.228 e. The van der Waals surface area contributed by atoms with Crippen LogP contribution in [0.25, 0.3) is 10.9 Å². The Balaban J connectivity index is 1.46. The molecule has 0 saturated carbocycles. The number of hydrogen-bond acceptors (Lipinski definition) is 8. The number of nitrogens with two attached hydrogens (primary N) is 2. The molecular formula is C23H26ClFN6O3. The first-order chi connectivity index (χ1) is 16.3. The lowest BCUT2D eigenvalue weighted by Gasteiger charge is -2.35. The molecule has 9 nitrogen and oxygen atoms in total. The number of fused-ring (bicyclic) bond motifs is 1. The fourth-order valence-corrected chi connectivity index (χ4v) is 4.29. The SMILES string of the molecule is COc1cc2c(N)nc(N3CCN(C(=O)C[C@@H](N)c4ccc(F)cc4)CC3)nc2c(Cl)c1OC. The number of aromatic nitrogens is 2. The van der Waals surface area contributed by atoms with E-state index < -0.39 is 6.04 Å². The third kappa shape index (κ3) is 4.64. The van der Waals surface area contributed by atoms with Crippen LogP contribution in [-0.4, -0.2) is 61.2 Å². The van der Waals surface area contributed by atoms with Crippen molar-refractivity contribution in [2.24, 2.45) is 5.73 Å². The molecule has 180 valence electrons. The minimum absolute atomic E-state index is 0.0599. The van der Waals surface area contributed by atoms with Crippen molar-refractivity contribution >= 4 is 40.2 Å². The van der Waals surface area contributed by atoms with Gasteiger partial charge >= 0.3 is 0 Å². The van der Waals surface area contributed by atoms with E-state index in [-0.39, 0.29) is 29.0 Å². The van der Waals surface area contributed by atoms with Gasteiger partial charge in [-0.3, -0.25) is 4.79 Å². The molecule has 34 heavy (non-hydrogen) atoms. The number of benzene rings is 2. The van der Waals surface area contributed by atoms with Crippen molar-refractivity contribution in [3.63, 3.8) is 0 Å². The molecule has 1 aliphatic rings. The van der Waals surface area contributed by atoms with Gasteiger partial charge in [-0.05, 0) is 23.8 Å². The number of nitrogens with zero attached hydrogens (tertiary/aromatic N) is 4. The van der Waals surface area contributed by atoms with E-state index in [1.807, 2.05) is 4.90 Å². The molecule has 4 N–H and O–H groups in total. The van der Waals surface area contributed by atoms with Gasteiger partial charge in [0.1, 0.15) is 22.2 Å². The molecule has 4 rings (SSSR count). The molecule has 1 aromatic heterocycles. The molecule has 0 unspecified atom stereocenters. The van der Waals surface area contributed by atoms with Crippen molar-refractivity contribution in [2.75, 3.05) is 51.0 Å². The number of ether oxygens (including phenoxy) is 2. The van der Waals surface area contributed by atoms with Crippen molar-refractivity contribution in [2.45, 2.75) is 12.5 Å². The average Bonchev–Trinajstić information content (AvgIpc) is 2.84. The normalized spacial score (nSPS) is 14.9. The van der Waals surface area contributed by atoms with Gasteiger partial charge in [0, 0.05) is 44.0 Å². The molecule has 0 spiro atoms. The summed E-state index contributed by atoms with van der Waals surface area (Å²) < 4.78 is 23.8. The molecule has 0 radical (unpaired) electrons. The minimum Gasteiger partial charge on any atom is -0.493 e. The standard InChI is InChI=1S/C23H26ClFN6O3/c1-33-17-11-15-20(19(24)21(17)34-2)28-23(29-22(15)27)31-9-7-30(8-10-31)18(32)12-16(26)13-3-5-14(25)6-4-13/h3-6,11,16H,7-10,12,26H2,1-2H3,(H2,27,28,29)/t16-/m1/s1. The second kappa shape index (κ2) is 9.86.